The molecule has 0 radical (unpaired) electrons. The standard InChI is InChI=1S/C10H20INO/c1-3-5-7-12(8-6-4-2)10(13)9-11/h3-9H2,1-2H3. The Morgan fingerprint density at radius 2 is 1.62 bits per heavy atom. The van der Waals surface area contributed by atoms with Crippen molar-refractivity contribution in [1.82, 2.24) is 4.90 Å². The number of rotatable bonds is 7. The van der Waals surface area contributed by atoms with Crippen LogP contribution in [0.1, 0.15) is 39.5 Å². The molecule has 0 unspecified atom stereocenters. The lowest BCUT2D eigenvalue weighted by Gasteiger charge is -2.21. The summed E-state index contributed by atoms with van der Waals surface area (Å²) in [4.78, 5) is 13.4. The molecule has 0 aromatic heterocycles. The van der Waals surface area contributed by atoms with Crippen LogP contribution in [0.15, 0.2) is 0 Å². The van der Waals surface area contributed by atoms with Crippen LogP contribution < -0.4 is 0 Å². The average molecular weight is 297 g/mol. The van der Waals surface area contributed by atoms with E-state index in [9.17, 15) is 4.79 Å². The zero-order valence-corrected chi connectivity index (χ0v) is 10.8. The van der Waals surface area contributed by atoms with Gasteiger partial charge in [0.25, 0.3) is 0 Å². The molecule has 3 heteroatoms. The summed E-state index contributed by atoms with van der Waals surface area (Å²) in [6, 6.07) is 0. The van der Waals surface area contributed by atoms with Gasteiger partial charge in [0.1, 0.15) is 0 Å². The Bertz CT molecular complexity index is 131. The third-order valence-electron chi connectivity index (χ3n) is 2.03. The second kappa shape index (κ2) is 8.78. The van der Waals surface area contributed by atoms with Gasteiger partial charge in [0.2, 0.25) is 5.91 Å². The summed E-state index contributed by atoms with van der Waals surface area (Å²) in [6.07, 6.45) is 4.59. The molecule has 13 heavy (non-hydrogen) atoms. The quantitative estimate of drug-likeness (QED) is 0.523. The monoisotopic (exact) mass is 297 g/mol. The average Bonchev–Trinajstić information content (AvgIpc) is 2.17. The normalized spacial score (nSPS) is 10.1. The van der Waals surface area contributed by atoms with E-state index in [1.54, 1.807) is 0 Å². The molecule has 1 amide bonds. The van der Waals surface area contributed by atoms with E-state index in [-0.39, 0.29) is 0 Å². The summed E-state index contributed by atoms with van der Waals surface area (Å²) in [7, 11) is 0. The zero-order valence-electron chi connectivity index (χ0n) is 8.68. The maximum Gasteiger partial charge on any atom is 0.232 e. The van der Waals surface area contributed by atoms with E-state index in [1.165, 1.54) is 0 Å². The maximum atomic E-state index is 11.4. The van der Waals surface area contributed by atoms with Crippen molar-refractivity contribution in [1.29, 1.82) is 0 Å². The molecule has 0 fully saturated rings. The van der Waals surface area contributed by atoms with Crippen LogP contribution >= 0.6 is 22.6 Å². The van der Waals surface area contributed by atoms with Crippen molar-refractivity contribution in [3.63, 3.8) is 0 Å². The molecule has 0 aliphatic rings. The Balaban J connectivity index is 3.79. The van der Waals surface area contributed by atoms with Crippen LogP contribution in [0.5, 0.6) is 0 Å². The van der Waals surface area contributed by atoms with Gasteiger partial charge < -0.3 is 4.90 Å². The molecule has 0 aliphatic heterocycles. The molecule has 0 saturated carbocycles. The first-order chi connectivity index (χ1) is 6.26. The first-order valence-electron chi connectivity index (χ1n) is 5.10. The second-order valence-electron chi connectivity index (χ2n) is 3.22. The first kappa shape index (κ1) is 13.2. The number of alkyl halides is 1. The third-order valence-corrected chi connectivity index (χ3v) is 2.68. The van der Waals surface area contributed by atoms with Crippen molar-refractivity contribution in [2.24, 2.45) is 0 Å². The van der Waals surface area contributed by atoms with Crippen LogP contribution in [0, 0.1) is 0 Å². The second-order valence-corrected chi connectivity index (χ2v) is 3.98. The molecule has 0 spiro atoms. The van der Waals surface area contributed by atoms with Crippen LogP contribution in [0.4, 0.5) is 0 Å². The van der Waals surface area contributed by atoms with E-state index in [0.29, 0.717) is 10.3 Å². The molecular weight excluding hydrogens is 277 g/mol. The van der Waals surface area contributed by atoms with Gasteiger partial charge in [-0.3, -0.25) is 4.79 Å². The Morgan fingerprint density at radius 1 is 1.15 bits per heavy atom. The minimum absolute atomic E-state index is 0.294. The van der Waals surface area contributed by atoms with Crippen LogP contribution in [0.2, 0.25) is 0 Å². The number of hydrogen-bond donors (Lipinski definition) is 0. The van der Waals surface area contributed by atoms with Crippen molar-refractivity contribution in [3.8, 4) is 0 Å². The van der Waals surface area contributed by atoms with Gasteiger partial charge >= 0.3 is 0 Å². The van der Waals surface area contributed by atoms with Crippen molar-refractivity contribution in [2.75, 3.05) is 17.5 Å². The fourth-order valence-electron chi connectivity index (χ4n) is 1.14. The van der Waals surface area contributed by atoms with Gasteiger partial charge in [-0.25, -0.2) is 0 Å². The number of nitrogens with zero attached hydrogens (tertiary/aromatic N) is 1. The summed E-state index contributed by atoms with van der Waals surface area (Å²) in [5.74, 6) is 0.294. The fourth-order valence-corrected chi connectivity index (χ4v) is 1.63. The van der Waals surface area contributed by atoms with E-state index in [0.717, 1.165) is 38.8 Å². The maximum absolute atomic E-state index is 11.4. The van der Waals surface area contributed by atoms with Crippen molar-refractivity contribution in [2.45, 2.75) is 39.5 Å². The number of unbranched alkanes of at least 4 members (excludes halogenated alkanes) is 2. The molecule has 0 saturated heterocycles. The topological polar surface area (TPSA) is 20.3 Å². The van der Waals surface area contributed by atoms with Crippen LogP contribution in [0.25, 0.3) is 0 Å². The van der Waals surface area contributed by atoms with Crippen molar-refractivity contribution >= 4 is 28.5 Å². The molecule has 0 atom stereocenters. The minimum atomic E-state index is 0.294. The highest BCUT2D eigenvalue weighted by atomic mass is 127. The number of carbonyl (C=O) groups excluding carboxylic acids is 1. The lowest BCUT2D eigenvalue weighted by Crippen LogP contribution is -2.33. The number of carbonyl (C=O) groups is 1. The molecule has 0 aromatic carbocycles. The molecule has 2 nitrogen and oxygen atoms in total. The SMILES string of the molecule is CCCCN(CCCC)C(=O)CI. The van der Waals surface area contributed by atoms with Crippen LogP contribution in [-0.2, 0) is 4.79 Å². The molecule has 78 valence electrons. The highest BCUT2D eigenvalue weighted by molar-refractivity contribution is 14.1. The Labute approximate surface area is 95.2 Å². The van der Waals surface area contributed by atoms with Gasteiger partial charge in [0, 0.05) is 13.1 Å². The number of halogens is 1. The Hall–Kier alpha value is 0.200. The third kappa shape index (κ3) is 6.29. The van der Waals surface area contributed by atoms with Gasteiger partial charge in [-0.1, -0.05) is 49.3 Å². The molecule has 0 aromatic rings. The largest absolute Gasteiger partial charge is 0.342 e. The number of amides is 1. The van der Waals surface area contributed by atoms with Gasteiger partial charge in [0.05, 0.1) is 4.43 Å². The molecule has 0 rings (SSSR count). The van der Waals surface area contributed by atoms with Crippen molar-refractivity contribution < 1.29 is 4.79 Å². The smallest absolute Gasteiger partial charge is 0.232 e. The van der Waals surface area contributed by atoms with E-state index < -0.39 is 0 Å². The molecule has 0 bridgehead atoms. The summed E-state index contributed by atoms with van der Waals surface area (Å²) < 4.78 is 0.616. The molecule has 0 aliphatic carbocycles. The lowest BCUT2D eigenvalue weighted by atomic mass is 10.2. The van der Waals surface area contributed by atoms with Crippen LogP contribution in [-0.4, -0.2) is 28.3 Å². The predicted molar refractivity (Wildman–Crippen MR) is 65.3 cm³/mol. The van der Waals surface area contributed by atoms with Crippen molar-refractivity contribution in [3.05, 3.63) is 0 Å². The first-order valence-corrected chi connectivity index (χ1v) is 6.62. The summed E-state index contributed by atoms with van der Waals surface area (Å²) in [5, 5.41) is 0. The summed E-state index contributed by atoms with van der Waals surface area (Å²) in [5.41, 5.74) is 0. The summed E-state index contributed by atoms with van der Waals surface area (Å²) >= 11 is 2.14. The highest BCUT2D eigenvalue weighted by Crippen LogP contribution is 2.01. The highest BCUT2D eigenvalue weighted by Gasteiger charge is 2.09. The predicted octanol–water partition coefficient (Wildman–Crippen LogP) is 2.85. The Morgan fingerprint density at radius 3 is 1.92 bits per heavy atom. The van der Waals surface area contributed by atoms with E-state index in [2.05, 4.69) is 36.4 Å². The van der Waals surface area contributed by atoms with E-state index in [4.69, 9.17) is 0 Å². The molecule has 0 heterocycles. The molecule has 0 N–H and O–H groups in total. The van der Waals surface area contributed by atoms with Gasteiger partial charge in [-0.05, 0) is 12.8 Å². The van der Waals surface area contributed by atoms with E-state index in [1.807, 2.05) is 4.90 Å². The van der Waals surface area contributed by atoms with E-state index >= 15 is 0 Å². The lowest BCUT2D eigenvalue weighted by molar-refractivity contribution is -0.128. The van der Waals surface area contributed by atoms with Gasteiger partial charge in [-0.2, -0.15) is 0 Å². The fraction of sp³-hybridized carbons (Fsp3) is 0.900. The van der Waals surface area contributed by atoms with Gasteiger partial charge in [-0.15, -0.1) is 0 Å². The molecular formula is C10H20INO. The Kier molecular flexibility index (Phi) is 8.92. The zero-order chi connectivity index (χ0) is 10.1. The van der Waals surface area contributed by atoms with Gasteiger partial charge in [0.15, 0.2) is 0 Å². The summed E-state index contributed by atoms with van der Waals surface area (Å²) in [6.45, 7) is 6.20. The number of hydrogen-bond acceptors (Lipinski definition) is 1. The van der Waals surface area contributed by atoms with Crippen LogP contribution in [0.3, 0.4) is 0 Å². The minimum Gasteiger partial charge on any atom is -0.342 e.